The van der Waals surface area contributed by atoms with Gasteiger partial charge in [0.25, 0.3) is 6.43 Å². The standard InChI is InChI=1S/C7H3BrF2INO2/c8-4-2(7(13)14)1-12-6(11)3(4)5(9)10/h1,5H,(H,13,14). The van der Waals surface area contributed by atoms with Crippen molar-refractivity contribution < 1.29 is 18.7 Å². The van der Waals surface area contributed by atoms with Gasteiger partial charge in [-0.15, -0.1) is 0 Å². The van der Waals surface area contributed by atoms with Crippen molar-refractivity contribution in [3.8, 4) is 0 Å². The normalized spacial score (nSPS) is 10.6. The molecular formula is C7H3BrF2INO2. The second-order valence-corrected chi connectivity index (χ2v) is 4.11. The molecule has 0 aliphatic heterocycles. The summed E-state index contributed by atoms with van der Waals surface area (Å²) in [7, 11) is 0. The third-order valence-electron chi connectivity index (χ3n) is 1.45. The van der Waals surface area contributed by atoms with Crippen molar-refractivity contribution in [3.05, 3.63) is 25.5 Å². The minimum Gasteiger partial charge on any atom is -0.478 e. The van der Waals surface area contributed by atoms with Crippen LogP contribution in [0.4, 0.5) is 8.78 Å². The molecule has 0 atom stereocenters. The molecule has 7 heteroatoms. The molecule has 1 N–H and O–H groups in total. The molecule has 0 spiro atoms. The molecule has 0 radical (unpaired) electrons. The van der Waals surface area contributed by atoms with Gasteiger partial charge in [0.15, 0.2) is 0 Å². The molecule has 0 unspecified atom stereocenters. The number of carboxylic acids is 1. The summed E-state index contributed by atoms with van der Waals surface area (Å²) < 4.78 is 24.9. The number of halogens is 4. The van der Waals surface area contributed by atoms with Crippen LogP contribution in [-0.2, 0) is 0 Å². The lowest BCUT2D eigenvalue weighted by molar-refractivity contribution is 0.0694. The zero-order chi connectivity index (χ0) is 10.9. The number of hydrogen-bond donors (Lipinski definition) is 1. The maximum absolute atomic E-state index is 12.5. The Balaban J connectivity index is 3.41. The van der Waals surface area contributed by atoms with Gasteiger partial charge >= 0.3 is 5.97 Å². The number of carboxylic acid groups (broad SMARTS) is 1. The maximum atomic E-state index is 12.5. The third kappa shape index (κ3) is 2.19. The Labute approximate surface area is 99.8 Å². The van der Waals surface area contributed by atoms with Crippen LogP contribution < -0.4 is 0 Å². The van der Waals surface area contributed by atoms with Gasteiger partial charge in [0.1, 0.15) is 3.70 Å². The van der Waals surface area contributed by atoms with Crippen molar-refractivity contribution in [3.63, 3.8) is 0 Å². The van der Waals surface area contributed by atoms with Crippen LogP contribution in [0.1, 0.15) is 22.3 Å². The van der Waals surface area contributed by atoms with Crippen molar-refractivity contribution >= 4 is 44.5 Å². The van der Waals surface area contributed by atoms with Crippen molar-refractivity contribution in [1.29, 1.82) is 0 Å². The van der Waals surface area contributed by atoms with E-state index in [1.54, 1.807) is 22.6 Å². The van der Waals surface area contributed by atoms with E-state index in [0.717, 1.165) is 6.20 Å². The highest BCUT2D eigenvalue weighted by Crippen LogP contribution is 2.32. The van der Waals surface area contributed by atoms with Crippen LogP contribution in [-0.4, -0.2) is 16.1 Å². The quantitative estimate of drug-likeness (QED) is 0.636. The summed E-state index contributed by atoms with van der Waals surface area (Å²) in [6.45, 7) is 0. The van der Waals surface area contributed by atoms with Gasteiger partial charge in [-0.25, -0.2) is 18.6 Å². The van der Waals surface area contributed by atoms with Gasteiger partial charge < -0.3 is 5.11 Å². The number of carbonyl (C=O) groups is 1. The fourth-order valence-electron chi connectivity index (χ4n) is 0.818. The Morgan fingerprint density at radius 2 is 2.21 bits per heavy atom. The summed E-state index contributed by atoms with van der Waals surface area (Å²) in [5, 5.41) is 8.65. The lowest BCUT2D eigenvalue weighted by atomic mass is 10.2. The molecule has 3 nitrogen and oxygen atoms in total. The number of aromatic nitrogens is 1. The van der Waals surface area contributed by atoms with Gasteiger partial charge in [0, 0.05) is 10.7 Å². The van der Waals surface area contributed by atoms with Crippen LogP contribution >= 0.6 is 38.5 Å². The molecule has 0 bridgehead atoms. The summed E-state index contributed by atoms with van der Waals surface area (Å²) in [6, 6.07) is 0. The minimum absolute atomic E-state index is 0.0921. The van der Waals surface area contributed by atoms with Crippen molar-refractivity contribution in [2.45, 2.75) is 6.43 Å². The number of hydrogen-bond acceptors (Lipinski definition) is 2. The average molecular weight is 378 g/mol. The maximum Gasteiger partial charge on any atom is 0.338 e. The predicted molar refractivity (Wildman–Crippen MR) is 56.6 cm³/mol. The Hall–Kier alpha value is -0.310. The molecule has 1 heterocycles. The van der Waals surface area contributed by atoms with Gasteiger partial charge in [0.2, 0.25) is 0 Å². The lowest BCUT2D eigenvalue weighted by Crippen LogP contribution is -2.04. The Morgan fingerprint density at radius 1 is 1.64 bits per heavy atom. The van der Waals surface area contributed by atoms with Gasteiger partial charge in [-0.2, -0.15) is 0 Å². The molecule has 0 amide bonds. The molecule has 0 aromatic carbocycles. The van der Waals surface area contributed by atoms with Crippen LogP contribution in [0.25, 0.3) is 0 Å². The summed E-state index contributed by atoms with van der Waals surface area (Å²) in [5.74, 6) is -1.29. The molecule has 1 aromatic rings. The fourth-order valence-corrected chi connectivity index (χ4v) is 2.47. The van der Waals surface area contributed by atoms with E-state index in [0.29, 0.717) is 0 Å². The molecule has 76 valence electrons. The van der Waals surface area contributed by atoms with Crippen LogP contribution in [0, 0.1) is 3.70 Å². The first kappa shape index (κ1) is 11.8. The van der Waals surface area contributed by atoms with E-state index in [4.69, 9.17) is 5.11 Å². The number of nitrogens with zero attached hydrogens (tertiary/aromatic N) is 1. The second-order valence-electron chi connectivity index (χ2n) is 2.30. The SMILES string of the molecule is O=C(O)c1cnc(I)c(C(F)F)c1Br. The van der Waals surface area contributed by atoms with E-state index in [1.807, 2.05) is 0 Å². The summed E-state index contributed by atoms with van der Waals surface area (Å²) >= 11 is 4.45. The molecule has 0 fully saturated rings. The molecule has 14 heavy (non-hydrogen) atoms. The average Bonchev–Trinajstić information content (AvgIpc) is 2.02. The highest BCUT2D eigenvalue weighted by molar-refractivity contribution is 14.1. The van der Waals surface area contributed by atoms with E-state index in [-0.39, 0.29) is 19.3 Å². The second kappa shape index (κ2) is 4.47. The van der Waals surface area contributed by atoms with Gasteiger partial charge in [-0.1, -0.05) is 0 Å². The monoisotopic (exact) mass is 377 g/mol. The van der Waals surface area contributed by atoms with E-state index in [9.17, 15) is 13.6 Å². The first-order valence-electron chi connectivity index (χ1n) is 3.30. The van der Waals surface area contributed by atoms with E-state index in [1.165, 1.54) is 0 Å². The van der Waals surface area contributed by atoms with E-state index < -0.39 is 12.4 Å². The number of rotatable bonds is 2. The Kier molecular flexibility index (Phi) is 3.76. The summed E-state index contributed by atoms with van der Waals surface area (Å²) in [6.07, 6.45) is -1.71. The van der Waals surface area contributed by atoms with Crippen LogP contribution in [0.5, 0.6) is 0 Å². The van der Waals surface area contributed by atoms with Crippen molar-refractivity contribution in [1.82, 2.24) is 4.98 Å². The van der Waals surface area contributed by atoms with Crippen molar-refractivity contribution in [2.24, 2.45) is 0 Å². The molecule has 1 aromatic heterocycles. The molecule has 0 aliphatic rings. The highest BCUT2D eigenvalue weighted by atomic mass is 127. The van der Waals surface area contributed by atoms with E-state index >= 15 is 0 Å². The first-order chi connectivity index (χ1) is 6.45. The zero-order valence-corrected chi connectivity index (χ0v) is 10.2. The fraction of sp³-hybridized carbons (Fsp3) is 0.143. The highest BCUT2D eigenvalue weighted by Gasteiger charge is 2.22. The smallest absolute Gasteiger partial charge is 0.338 e. The Bertz CT molecular complexity index is 386. The van der Waals surface area contributed by atoms with Crippen LogP contribution in [0.15, 0.2) is 10.7 Å². The van der Waals surface area contributed by atoms with Gasteiger partial charge in [-0.3, -0.25) is 0 Å². The summed E-state index contributed by atoms with van der Waals surface area (Å²) in [5.41, 5.74) is -0.647. The minimum atomic E-state index is -2.75. The number of alkyl halides is 2. The molecule has 0 saturated heterocycles. The van der Waals surface area contributed by atoms with Crippen LogP contribution in [0.3, 0.4) is 0 Å². The lowest BCUT2D eigenvalue weighted by Gasteiger charge is -2.07. The topological polar surface area (TPSA) is 50.2 Å². The predicted octanol–water partition coefficient (Wildman–Crippen LogP) is 3.08. The number of pyridine rings is 1. The van der Waals surface area contributed by atoms with E-state index in [2.05, 4.69) is 20.9 Å². The first-order valence-corrected chi connectivity index (χ1v) is 5.17. The summed E-state index contributed by atoms with van der Waals surface area (Å²) in [4.78, 5) is 14.2. The van der Waals surface area contributed by atoms with Crippen LogP contribution in [0.2, 0.25) is 0 Å². The van der Waals surface area contributed by atoms with Crippen molar-refractivity contribution in [2.75, 3.05) is 0 Å². The Morgan fingerprint density at radius 3 is 2.64 bits per heavy atom. The van der Waals surface area contributed by atoms with Gasteiger partial charge in [0.05, 0.1) is 11.1 Å². The largest absolute Gasteiger partial charge is 0.478 e. The third-order valence-corrected chi connectivity index (χ3v) is 3.16. The molecular weight excluding hydrogens is 375 g/mol. The number of aromatic carboxylic acids is 1. The van der Waals surface area contributed by atoms with Gasteiger partial charge in [-0.05, 0) is 38.5 Å². The molecule has 0 aliphatic carbocycles. The molecule has 1 rings (SSSR count). The molecule has 0 saturated carbocycles. The zero-order valence-electron chi connectivity index (χ0n) is 6.47.